The fourth-order valence-electron chi connectivity index (χ4n) is 4.70. The molecular formula is C28H30N4O2. The van der Waals surface area contributed by atoms with Crippen molar-refractivity contribution in [1.29, 1.82) is 0 Å². The number of aliphatic imine (C=N–C) groups is 1. The minimum absolute atomic E-state index is 0.213. The number of carbonyl (C=O) groups is 1. The molecule has 1 fully saturated rings. The predicted octanol–water partition coefficient (Wildman–Crippen LogP) is 5.82. The van der Waals surface area contributed by atoms with Gasteiger partial charge in [-0.25, -0.2) is 0 Å². The molecule has 0 bridgehead atoms. The van der Waals surface area contributed by atoms with E-state index in [1.165, 1.54) is 0 Å². The standard InChI is InChI=1S/C28H30N4O2/c1-19-20(2)30-34-26(19)32-15-8-14-29-25(32)22-11-12-24(21-9-6-5-7-10-21)23(17-22)18-31-16-13-28(3,4)27(31)33/h5-12,14-15,17,25H,13,16,18H2,1-4H3. The number of hydrogen-bond donors (Lipinski definition) is 0. The number of anilines is 1. The van der Waals surface area contributed by atoms with Crippen LogP contribution in [0.2, 0.25) is 0 Å². The molecular weight excluding hydrogens is 424 g/mol. The van der Waals surface area contributed by atoms with Crippen LogP contribution < -0.4 is 4.90 Å². The zero-order valence-corrected chi connectivity index (χ0v) is 20.2. The average molecular weight is 455 g/mol. The van der Waals surface area contributed by atoms with E-state index in [2.05, 4.69) is 35.5 Å². The van der Waals surface area contributed by atoms with Gasteiger partial charge in [0, 0.05) is 36.5 Å². The highest BCUT2D eigenvalue weighted by Gasteiger charge is 2.38. The quantitative estimate of drug-likeness (QED) is 0.487. The Balaban J connectivity index is 1.55. The first-order chi connectivity index (χ1) is 16.3. The van der Waals surface area contributed by atoms with Crippen LogP contribution in [0.4, 0.5) is 5.88 Å². The van der Waals surface area contributed by atoms with E-state index in [1.54, 1.807) is 0 Å². The molecule has 174 valence electrons. The third-order valence-corrected chi connectivity index (χ3v) is 6.94. The van der Waals surface area contributed by atoms with Crippen LogP contribution in [-0.4, -0.2) is 28.7 Å². The average Bonchev–Trinajstić information content (AvgIpc) is 3.32. The molecule has 0 aliphatic carbocycles. The van der Waals surface area contributed by atoms with Crippen molar-refractivity contribution in [3.8, 4) is 11.1 Å². The van der Waals surface area contributed by atoms with Crippen molar-refractivity contribution in [2.24, 2.45) is 10.4 Å². The number of nitrogens with zero attached hydrogens (tertiary/aromatic N) is 4. The minimum atomic E-state index is -0.304. The van der Waals surface area contributed by atoms with Gasteiger partial charge < -0.3 is 9.42 Å². The molecule has 0 N–H and O–H groups in total. The second-order valence-electron chi connectivity index (χ2n) is 9.76. The van der Waals surface area contributed by atoms with E-state index < -0.39 is 0 Å². The van der Waals surface area contributed by atoms with Crippen molar-refractivity contribution in [2.45, 2.75) is 46.8 Å². The van der Waals surface area contributed by atoms with Crippen molar-refractivity contribution in [2.75, 3.05) is 11.4 Å². The van der Waals surface area contributed by atoms with Gasteiger partial charge in [0.15, 0.2) is 6.17 Å². The summed E-state index contributed by atoms with van der Waals surface area (Å²) in [6.45, 7) is 9.37. The van der Waals surface area contributed by atoms with Crippen LogP contribution in [-0.2, 0) is 11.3 Å². The van der Waals surface area contributed by atoms with Crippen molar-refractivity contribution >= 4 is 18.0 Å². The summed E-state index contributed by atoms with van der Waals surface area (Å²) in [6.07, 6.45) is 6.30. The van der Waals surface area contributed by atoms with Gasteiger partial charge in [-0.05, 0) is 54.7 Å². The SMILES string of the molecule is Cc1noc(N2C=CC=NC2c2ccc(-c3ccccc3)c(CN3CCC(C)(C)C3=O)c2)c1C. The van der Waals surface area contributed by atoms with Gasteiger partial charge in [-0.3, -0.25) is 14.7 Å². The molecule has 5 rings (SSSR count). The fraction of sp³-hybridized carbons (Fsp3) is 0.321. The molecule has 0 spiro atoms. The van der Waals surface area contributed by atoms with E-state index >= 15 is 0 Å². The van der Waals surface area contributed by atoms with Gasteiger partial charge in [0.25, 0.3) is 0 Å². The molecule has 34 heavy (non-hydrogen) atoms. The molecule has 1 amide bonds. The number of benzene rings is 2. The maximum Gasteiger partial charge on any atom is 0.236 e. The van der Waals surface area contributed by atoms with Crippen molar-refractivity contribution in [1.82, 2.24) is 10.1 Å². The Hall–Kier alpha value is -3.67. The minimum Gasteiger partial charge on any atom is -0.338 e. The van der Waals surface area contributed by atoms with E-state index in [0.29, 0.717) is 12.4 Å². The lowest BCUT2D eigenvalue weighted by atomic mass is 9.92. The highest BCUT2D eigenvalue weighted by Crippen LogP contribution is 2.37. The van der Waals surface area contributed by atoms with Crippen molar-refractivity contribution in [3.63, 3.8) is 0 Å². The number of likely N-dealkylation sites (tertiary alicyclic amines) is 1. The number of aryl methyl sites for hydroxylation is 1. The van der Waals surface area contributed by atoms with Crippen LogP contribution in [0.3, 0.4) is 0 Å². The number of hydrogen-bond acceptors (Lipinski definition) is 5. The lowest BCUT2D eigenvalue weighted by Gasteiger charge is -2.29. The van der Waals surface area contributed by atoms with E-state index in [4.69, 9.17) is 9.52 Å². The van der Waals surface area contributed by atoms with Crippen LogP contribution >= 0.6 is 0 Å². The Morgan fingerprint density at radius 2 is 1.91 bits per heavy atom. The summed E-state index contributed by atoms with van der Waals surface area (Å²) in [6, 6.07) is 16.8. The normalized spacial score (nSPS) is 19.3. The molecule has 3 aromatic rings. The number of rotatable bonds is 5. The van der Waals surface area contributed by atoms with Gasteiger partial charge in [0.05, 0.1) is 5.69 Å². The van der Waals surface area contributed by atoms with Crippen LogP contribution in [0, 0.1) is 19.3 Å². The monoisotopic (exact) mass is 454 g/mol. The van der Waals surface area contributed by atoms with Gasteiger partial charge in [0.2, 0.25) is 11.8 Å². The summed E-state index contributed by atoms with van der Waals surface area (Å²) < 4.78 is 5.65. The van der Waals surface area contributed by atoms with Gasteiger partial charge in [0.1, 0.15) is 0 Å². The maximum absolute atomic E-state index is 13.0. The van der Waals surface area contributed by atoms with Gasteiger partial charge in [-0.15, -0.1) is 0 Å². The topological polar surface area (TPSA) is 61.9 Å². The zero-order chi connectivity index (χ0) is 23.9. The molecule has 6 nitrogen and oxygen atoms in total. The Morgan fingerprint density at radius 1 is 1.12 bits per heavy atom. The molecule has 2 aliphatic heterocycles. The summed E-state index contributed by atoms with van der Waals surface area (Å²) >= 11 is 0. The molecule has 1 saturated heterocycles. The molecule has 0 saturated carbocycles. The molecule has 2 aromatic carbocycles. The fourth-order valence-corrected chi connectivity index (χ4v) is 4.70. The van der Waals surface area contributed by atoms with E-state index in [0.717, 1.165) is 46.5 Å². The van der Waals surface area contributed by atoms with Crippen LogP contribution in [0.5, 0.6) is 0 Å². The number of carbonyl (C=O) groups excluding carboxylic acids is 1. The Bertz CT molecular complexity index is 1270. The highest BCUT2D eigenvalue weighted by molar-refractivity contribution is 5.84. The van der Waals surface area contributed by atoms with Crippen LogP contribution in [0.25, 0.3) is 11.1 Å². The second kappa shape index (κ2) is 8.60. The molecule has 2 aliphatic rings. The van der Waals surface area contributed by atoms with Gasteiger partial charge in [-0.2, -0.15) is 0 Å². The first-order valence-electron chi connectivity index (χ1n) is 11.7. The molecule has 1 aromatic heterocycles. The number of aromatic nitrogens is 1. The smallest absolute Gasteiger partial charge is 0.236 e. The lowest BCUT2D eigenvalue weighted by molar-refractivity contribution is -0.135. The molecule has 3 heterocycles. The van der Waals surface area contributed by atoms with Crippen LogP contribution in [0.15, 0.2) is 70.3 Å². The summed E-state index contributed by atoms with van der Waals surface area (Å²) in [5, 5.41) is 4.13. The first-order valence-corrected chi connectivity index (χ1v) is 11.7. The molecule has 1 unspecified atom stereocenters. The molecule has 6 heteroatoms. The van der Waals surface area contributed by atoms with Crippen molar-refractivity contribution < 1.29 is 9.32 Å². The highest BCUT2D eigenvalue weighted by atomic mass is 16.5. The van der Waals surface area contributed by atoms with E-state index in [9.17, 15) is 4.79 Å². The molecule has 0 radical (unpaired) electrons. The first kappa shape index (κ1) is 22.1. The lowest BCUT2D eigenvalue weighted by Crippen LogP contribution is -2.31. The Morgan fingerprint density at radius 3 is 2.59 bits per heavy atom. The van der Waals surface area contributed by atoms with Gasteiger partial charge in [-0.1, -0.05) is 61.5 Å². The van der Waals surface area contributed by atoms with E-state index in [-0.39, 0.29) is 17.5 Å². The van der Waals surface area contributed by atoms with E-state index in [1.807, 2.05) is 74.2 Å². The number of amides is 1. The largest absolute Gasteiger partial charge is 0.338 e. The van der Waals surface area contributed by atoms with Gasteiger partial charge >= 0.3 is 0 Å². The Kier molecular flexibility index (Phi) is 5.60. The number of allylic oxidation sites excluding steroid dienone is 1. The maximum atomic E-state index is 13.0. The van der Waals surface area contributed by atoms with Crippen molar-refractivity contribution in [3.05, 3.63) is 83.2 Å². The predicted molar refractivity (Wildman–Crippen MR) is 135 cm³/mol. The third-order valence-electron chi connectivity index (χ3n) is 6.94. The summed E-state index contributed by atoms with van der Waals surface area (Å²) in [7, 11) is 0. The third kappa shape index (κ3) is 3.94. The zero-order valence-electron chi connectivity index (χ0n) is 20.2. The second-order valence-corrected chi connectivity index (χ2v) is 9.76. The Labute approximate surface area is 200 Å². The summed E-state index contributed by atoms with van der Waals surface area (Å²) in [4.78, 5) is 21.8. The summed E-state index contributed by atoms with van der Waals surface area (Å²) in [5.74, 6) is 0.908. The van der Waals surface area contributed by atoms with Crippen LogP contribution in [0.1, 0.15) is 48.8 Å². The summed E-state index contributed by atoms with van der Waals surface area (Å²) in [5.41, 5.74) is 5.99. The molecule has 1 atom stereocenters.